The predicted octanol–water partition coefficient (Wildman–Crippen LogP) is 1.07. The third kappa shape index (κ3) is 3.41. The average molecular weight is 297 g/mol. The van der Waals surface area contributed by atoms with Crippen LogP contribution in [0.3, 0.4) is 0 Å². The van der Waals surface area contributed by atoms with Gasteiger partial charge >= 0.3 is 5.97 Å². The van der Waals surface area contributed by atoms with Crippen molar-refractivity contribution in [3.05, 3.63) is 0 Å². The summed E-state index contributed by atoms with van der Waals surface area (Å²) in [5.74, 6) is 0.0245. The van der Waals surface area contributed by atoms with Crippen LogP contribution in [-0.2, 0) is 9.53 Å². The Morgan fingerprint density at radius 2 is 2.10 bits per heavy atom. The van der Waals surface area contributed by atoms with Gasteiger partial charge in [0.25, 0.3) is 0 Å². The minimum Gasteiger partial charge on any atom is -0.468 e. The number of rotatable bonds is 4. The lowest BCUT2D eigenvalue weighted by atomic mass is 9.85. The first-order valence-corrected chi connectivity index (χ1v) is 8.10. The molecule has 2 atom stereocenters. The summed E-state index contributed by atoms with van der Waals surface area (Å²) in [6.07, 6.45) is 3.83. The van der Waals surface area contributed by atoms with Crippen molar-refractivity contribution in [3.63, 3.8) is 0 Å². The smallest absolute Gasteiger partial charge is 0.326 e. The third-order valence-corrected chi connectivity index (χ3v) is 5.63. The fourth-order valence-corrected chi connectivity index (χ4v) is 3.83. The van der Waals surface area contributed by atoms with Crippen LogP contribution in [0.4, 0.5) is 0 Å². The highest BCUT2D eigenvalue weighted by Gasteiger charge is 2.46. The second kappa shape index (κ2) is 6.23. The number of methoxy groups -OCH3 is 1. The average Bonchev–Trinajstić information content (AvgIpc) is 2.81. The molecule has 1 heterocycles. The Hall–Kier alpha value is -0.650. The van der Waals surface area contributed by atoms with Crippen LogP contribution in [0.25, 0.3) is 0 Å². The van der Waals surface area contributed by atoms with Gasteiger partial charge in [-0.05, 0) is 52.6 Å². The molecule has 1 aliphatic carbocycles. The van der Waals surface area contributed by atoms with E-state index in [4.69, 9.17) is 10.5 Å². The lowest BCUT2D eigenvalue weighted by Gasteiger charge is -2.45. The summed E-state index contributed by atoms with van der Waals surface area (Å²) in [7, 11) is 3.63. The zero-order valence-corrected chi connectivity index (χ0v) is 14.0. The monoisotopic (exact) mass is 297 g/mol. The molecule has 1 saturated heterocycles. The molecule has 1 aliphatic heterocycles. The van der Waals surface area contributed by atoms with E-state index in [1.807, 2.05) is 0 Å². The van der Waals surface area contributed by atoms with Crippen molar-refractivity contribution in [1.82, 2.24) is 9.80 Å². The Labute approximate surface area is 128 Å². The highest BCUT2D eigenvalue weighted by atomic mass is 16.5. The van der Waals surface area contributed by atoms with Crippen LogP contribution >= 0.6 is 0 Å². The van der Waals surface area contributed by atoms with Crippen molar-refractivity contribution in [2.45, 2.75) is 50.6 Å². The van der Waals surface area contributed by atoms with E-state index in [1.165, 1.54) is 7.11 Å². The van der Waals surface area contributed by atoms with Crippen LogP contribution in [0.15, 0.2) is 0 Å². The molecule has 0 aromatic heterocycles. The second-order valence-corrected chi connectivity index (χ2v) is 7.42. The summed E-state index contributed by atoms with van der Waals surface area (Å²) in [4.78, 5) is 16.9. The number of hydrogen-bond acceptors (Lipinski definition) is 5. The number of likely N-dealkylation sites (N-methyl/N-ethyl adjacent to an activating group) is 1. The quantitative estimate of drug-likeness (QED) is 0.787. The van der Waals surface area contributed by atoms with E-state index in [9.17, 15) is 4.79 Å². The Kier molecular flexibility index (Phi) is 4.96. The number of piperazine rings is 1. The molecule has 122 valence electrons. The van der Waals surface area contributed by atoms with Crippen LogP contribution in [0.2, 0.25) is 0 Å². The van der Waals surface area contributed by atoms with Gasteiger partial charge in [-0.3, -0.25) is 9.69 Å². The molecule has 2 aliphatic rings. The normalized spacial score (nSPS) is 34.0. The van der Waals surface area contributed by atoms with E-state index < -0.39 is 5.54 Å². The molecular formula is C16H31N3O2. The Bertz CT molecular complexity index is 386. The van der Waals surface area contributed by atoms with Crippen molar-refractivity contribution in [1.29, 1.82) is 0 Å². The predicted molar refractivity (Wildman–Crippen MR) is 84.0 cm³/mol. The van der Waals surface area contributed by atoms with Gasteiger partial charge in [-0.15, -0.1) is 0 Å². The summed E-state index contributed by atoms with van der Waals surface area (Å²) in [5.41, 5.74) is 5.81. The van der Waals surface area contributed by atoms with Crippen LogP contribution < -0.4 is 5.73 Å². The number of hydrogen-bond donors (Lipinski definition) is 1. The number of carbonyl (C=O) groups excluding carboxylic acids is 1. The van der Waals surface area contributed by atoms with Crippen LogP contribution in [-0.4, -0.2) is 67.2 Å². The van der Waals surface area contributed by atoms with Crippen molar-refractivity contribution < 1.29 is 9.53 Å². The first-order chi connectivity index (χ1) is 9.79. The van der Waals surface area contributed by atoms with Gasteiger partial charge in [0.1, 0.15) is 5.54 Å². The van der Waals surface area contributed by atoms with Crippen molar-refractivity contribution in [3.8, 4) is 0 Å². The molecule has 0 bridgehead atoms. The van der Waals surface area contributed by atoms with Gasteiger partial charge in [-0.1, -0.05) is 6.42 Å². The first kappa shape index (κ1) is 16.7. The summed E-state index contributed by atoms with van der Waals surface area (Å²) >= 11 is 0. The topological polar surface area (TPSA) is 58.8 Å². The van der Waals surface area contributed by atoms with Gasteiger partial charge < -0.3 is 15.4 Å². The van der Waals surface area contributed by atoms with Crippen LogP contribution in [0, 0.1) is 5.92 Å². The molecule has 0 aromatic carbocycles. The Balaban J connectivity index is 1.89. The molecule has 2 fully saturated rings. The Morgan fingerprint density at radius 3 is 2.71 bits per heavy atom. The summed E-state index contributed by atoms with van der Waals surface area (Å²) in [5, 5.41) is 0. The van der Waals surface area contributed by atoms with Gasteiger partial charge in [0.15, 0.2) is 0 Å². The van der Waals surface area contributed by atoms with E-state index in [-0.39, 0.29) is 17.4 Å². The molecule has 2 unspecified atom stereocenters. The van der Waals surface area contributed by atoms with Gasteiger partial charge in [0, 0.05) is 25.2 Å². The summed E-state index contributed by atoms with van der Waals surface area (Å²) in [6, 6.07) is 0. The van der Waals surface area contributed by atoms with E-state index in [0.717, 1.165) is 51.9 Å². The number of esters is 1. The zero-order chi connectivity index (χ0) is 15.7. The molecule has 0 spiro atoms. The van der Waals surface area contributed by atoms with Crippen molar-refractivity contribution >= 4 is 5.97 Å². The number of nitrogens with zero attached hydrogens (tertiary/aromatic N) is 2. The lowest BCUT2D eigenvalue weighted by molar-refractivity contribution is -0.148. The number of nitrogens with two attached hydrogens (primary N) is 1. The van der Waals surface area contributed by atoms with Crippen LogP contribution in [0.5, 0.6) is 0 Å². The largest absolute Gasteiger partial charge is 0.468 e. The summed E-state index contributed by atoms with van der Waals surface area (Å²) < 4.78 is 4.92. The number of carbonyl (C=O) groups is 1. The molecule has 1 saturated carbocycles. The molecule has 0 aromatic rings. The molecule has 21 heavy (non-hydrogen) atoms. The lowest BCUT2D eigenvalue weighted by Crippen LogP contribution is -2.58. The molecule has 2 N–H and O–H groups in total. The molecule has 0 amide bonds. The van der Waals surface area contributed by atoms with Crippen molar-refractivity contribution in [2.75, 3.05) is 40.3 Å². The van der Waals surface area contributed by atoms with E-state index >= 15 is 0 Å². The van der Waals surface area contributed by atoms with Crippen LogP contribution in [0.1, 0.15) is 39.5 Å². The minimum absolute atomic E-state index is 0.218. The molecule has 2 rings (SSSR count). The maximum atomic E-state index is 12.0. The van der Waals surface area contributed by atoms with Crippen molar-refractivity contribution in [2.24, 2.45) is 11.7 Å². The van der Waals surface area contributed by atoms with E-state index in [2.05, 4.69) is 30.7 Å². The maximum absolute atomic E-state index is 12.0. The van der Waals surface area contributed by atoms with E-state index in [0.29, 0.717) is 0 Å². The summed E-state index contributed by atoms with van der Waals surface area (Å²) in [6.45, 7) is 8.88. The second-order valence-electron chi connectivity index (χ2n) is 7.42. The Morgan fingerprint density at radius 1 is 1.38 bits per heavy atom. The zero-order valence-electron chi connectivity index (χ0n) is 14.0. The van der Waals surface area contributed by atoms with Gasteiger partial charge in [0.05, 0.1) is 7.11 Å². The standard InChI is InChI=1S/C16H31N3O2/c1-15(2)12-19(11-10-18(15)3)9-7-13-6-5-8-16(13,17)14(20)21-4/h13H,5-12,17H2,1-4H3. The fraction of sp³-hybridized carbons (Fsp3) is 0.938. The molecule has 5 nitrogen and oxygen atoms in total. The van der Waals surface area contributed by atoms with E-state index in [1.54, 1.807) is 0 Å². The molecule has 5 heteroatoms. The SMILES string of the molecule is COC(=O)C1(N)CCCC1CCN1CCN(C)C(C)(C)C1. The minimum atomic E-state index is -0.753. The molecule has 0 radical (unpaired) electrons. The number of ether oxygens (including phenoxy) is 1. The van der Waals surface area contributed by atoms with Gasteiger partial charge in [-0.25, -0.2) is 0 Å². The highest BCUT2D eigenvalue weighted by molar-refractivity contribution is 5.81. The third-order valence-electron chi connectivity index (χ3n) is 5.63. The fourth-order valence-electron chi connectivity index (χ4n) is 3.83. The van der Waals surface area contributed by atoms with Gasteiger partial charge in [-0.2, -0.15) is 0 Å². The van der Waals surface area contributed by atoms with Gasteiger partial charge in [0.2, 0.25) is 0 Å². The molecular weight excluding hydrogens is 266 g/mol. The maximum Gasteiger partial charge on any atom is 0.326 e. The first-order valence-electron chi connectivity index (χ1n) is 8.10. The highest BCUT2D eigenvalue weighted by Crippen LogP contribution is 2.37.